The van der Waals surface area contributed by atoms with Gasteiger partial charge in [-0.15, -0.1) is 0 Å². The first-order chi connectivity index (χ1) is 14.1. The fourth-order valence-electron chi connectivity index (χ4n) is 3.05. The Hall–Kier alpha value is -3.74. The molecule has 0 aliphatic carbocycles. The first kappa shape index (κ1) is 18.6. The molecule has 29 heavy (non-hydrogen) atoms. The molecule has 2 aromatic carbocycles. The van der Waals surface area contributed by atoms with E-state index in [1.165, 1.54) is 0 Å². The zero-order valence-corrected chi connectivity index (χ0v) is 16.3. The summed E-state index contributed by atoms with van der Waals surface area (Å²) < 4.78 is 7.09. The smallest absolute Gasteiger partial charge is 0.316 e. The second kappa shape index (κ2) is 8.10. The minimum absolute atomic E-state index is 0.0531. The number of hydrogen-bond acceptors (Lipinski definition) is 5. The molecular weight excluding hydrogens is 366 g/mol. The third-order valence-electron chi connectivity index (χ3n) is 4.56. The van der Waals surface area contributed by atoms with Gasteiger partial charge in [-0.1, -0.05) is 59.8 Å². The quantitative estimate of drug-likeness (QED) is 0.547. The van der Waals surface area contributed by atoms with E-state index in [-0.39, 0.29) is 5.89 Å². The minimum Gasteiger partial charge on any atom is -0.344 e. The molecule has 0 atom stereocenters. The van der Waals surface area contributed by atoms with Gasteiger partial charge >= 0.3 is 11.8 Å². The molecule has 7 nitrogen and oxygen atoms in total. The number of nitrogens with one attached hydrogen (secondary N) is 1. The van der Waals surface area contributed by atoms with E-state index in [1.807, 2.05) is 73.1 Å². The third kappa shape index (κ3) is 4.40. The third-order valence-corrected chi connectivity index (χ3v) is 4.56. The van der Waals surface area contributed by atoms with Crippen LogP contribution in [0.4, 0.5) is 0 Å². The van der Waals surface area contributed by atoms with Crippen LogP contribution in [0.25, 0.3) is 11.4 Å². The van der Waals surface area contributed by atoms with E-state index in [0.29, 0.717) is 18.9 Å². The highest BCUT2D eigenvalue weighted by Crippen LogP contribution is 2.17. The van der Waals surface area contributed by atoms with Gasteiger partial charge in [0.25, 0.3) is 0 Å². The molecule has 7 heteroatoms. The minimum atomic E-state index is -0.395. The summed E-state index contributed by atoms with van der Waals surface area (Å²) in [6, 6.07) is 19.5. The number of benzene rings is 2. The SMILES string of the molecule is Cc1cc(C)n(Cc2ccc(-c3noc(C(=O)NCc4ccccc4)n3)cc2)n1. The number of carbonyl (C=O) groups is 1. The number of rotatable bonds is 6. The van der Waals surface area contributed by atoms with Crippen molar-refractivity contribution in [1.29, 1.82) is 0 Å². The lowest BCUT2D eigenvalue weighted by Crippen LogP contribution is -2.23. The zero-order chi connectivity index (χ0) is 20.2. The molecule has 1 N–H and O–H groups in total. The molecule has 0 aliphatic heterocycles. The van der Waals surface area contributed by atoms with Crippen LogP contribution in [0.1, 0.15) is 33.2 Å². The number of aromatic nitrogens is 4. The van der Waals surface area contributed by atoms with Crippen molar-refractivity contribution in [3.63, 3.8) is 0 Å². The van der Waals surface area contributed by atoms with Gasteiger partial charge in [-0.3, -0.25) is 9.48 Å². The van der Waals surface area contributed by atoms with Crippen LogP contribution in [0.5, 0.6) is 0 Å². The summed E-state index contributed by atoms with van der Waals surface area (Å²) in [5.41, 5.74) is 5.02. The van der Waals surface area contributed by atoms with Crippen LogP contribution < -0.4 is 5.32 Å². The van der Waals surface area contributed by atoms with Crippen molar-refractivity contribution in [2.24, 2.45) is 0 Å². The average molecular weight is 387 g/mol. The van der Waals surface area contributed by atoms with Crippen LogP contribution in [0, 0.1) is 13.8 Å². The van der Waals surface area contributed by atoms with E-state index < -0.39 is 5.91 Å². The summed E-state index contributed by atoms with van der Waals surface area (Å²) >= 11 is 0. The Bertz CT molecular complexity index is 1110. The van der Waals surface area contributed by atoms with Crippen molar-refractivity contribution < 1.29 is 9.32 Å². The molecule has 0 bridgehead atoms. The molecule has 1 amide bonds. The van der Waals surface area contributed by atoms with E-state index in [0.717, 1.165) is 28.1 Å². The number of amides is 1. The van der Waals surface area contributed by atoms with Gasteiger partial charge in [-0.2, -0.15) is 10.1 Å². The van der Waals surface area contributed by atoms with E-state index in [2.05, 4.69) is 26.6 Å². The van der Waals surface area contributed by atoms with Crippen LogP contribution in [-0.2, 0) is 13.1 Å². The van der Waals surface area contributed by atoms with Crippen molar-refractivity contribution in [3.05, 3.63) is 89.1 Å². The Labute approximate surface area is 168 Å². The highest BCUT2D eigenvalue weighted by atomic mass is 16.5. The van der Waals surface area contributed by atoms with E-state index >= 15 is 0 Å². The van der Waals surface area contributed by atoms with Gasteiger partial charge in [0.15, 0.2) is 0 Å². The molecule has 4 aromatic rings. The lowest BCUT2D eigenvalue weighted by atomic mass is 10.1. The second-order valence-corrected chi connectivity index (χ2v) is 6.87. The summed E-state index contributed by atoms with van der Waals surface area (Å²) in [6.45, 7) is 5.12. The van der Waals surface area contributed by atoms with Crippen molar-refractivity contribution in [3.8, 4) is 11.4 Å². The normalized spacial score (nSPS) is 10.8. The zero-order valence-electron chi connectivity index (χ0n) is 16.3. The average Bonchev–Trinajstić information content (AvgIpc) is 3.34. The first-order valence-corrected chi connectivity index (χ1v) is 9.35. The van der Waals surface area contributed by atoms with Gasteiger partial charge in [0, 0.05) is 17.8 Å². The Morgan fingerprint density at radius 2 is 1.79 bits per heavy atom. The van der Waals surface area contributed by atoms with Gasteiger partial charge < -0.3 is 9.84 Å². The van der Waals surface area contributed by atoms with Crippen LogP contribution >= 0.6 is 0 Å². The van der Waals surface area contributed by atoms with Crippen molar-refractivity contribution >= 4 is 5.91 Å². The van der Waals surface area contributed by atoms with Crippen molar-refractivity contribution in [2.75, 3.05) is 0 Å². The summed E-state index contributed by atoms with van der Waals surface area (Å²) in [5, 5.41) is 11.2. The molecule has 4 rings (SSSR count). The Kier molecular flexibility index (Phi) is 5.20. The Morgan fingerprint density at radius 3 is 2.48 bits per heavy atom. The predicted molar refractivity (Wildman–Crippen MR) is 108 cm³/mol. The molecular formula is C22H21N5O2. The van der Waals surface area contributed by atoms with Crippen LogP contribution in [0.2, 0.25) is 0 Å². The van der Waals surface area contributed by atoms with E-state index in [9.17, 15) is 4.79 Å². The molecule has 2 aromatic heterocycles. The van der Waals surface area contributed by atoms with Crippen LogP contribution in [0.15, 0.2) is 65.2 Å². The van der Waals surface area contributed by atoms with E-state index in [1.54, 1.807) is 0 Å². The maximum absolute atomic E-state index is 12.2. The summed E-state index contributed by atoms with van der Waals surface area (Å²) in [4.78, 5) is 16.5. The molecule has 0 fully saturated rings. The van der Waals surface area contributed by atoms with Gasteiger partial charge in [0.1, 0.15) is 0 Å². The van der Waals surface area contributed by atoms with Crippen molar-refractivity contribution in [1.82, 2.24) is 25.2 Å². The number of nitrogens with zero attached hydrogens (tertiary/aromatic N) is 4. The fourth-order valence-corrected chi connectivity index (χ4v) is 3.05. The Balaban J connectivity index is 1.41. The van der Waals surface area contributed by atoms with Gasteiger partial charge in [-0.05, 0) is 31.0 Å². The monoisotopic (exact) mass is 387 g/mol. The highest BCUT2D eigenvalue weighted by Gasteiger charge is 2.16. The lowest BCUT2D eigenvalue weighted by molar-refractivity contribution is 0.0907. The number of hydrogen-bond donors (Lipinski definition) is 1. The van der Waals surface area contributed by atoms with Gasteiger partial charge in [-0.25, -0.2) is 0 Å². The standard InChI is InChI=1S/C22H21N5O2/c1-15-12-16(2)27(25-15)14-18-8-10-19(11-9-18)20-24-22(29-26-20)21(28)23-13-17-6-4-3-5-7-17/h3-12H,13-14H2,1-2H3,(H,23,28). The predicted octanol–water partition coefficient (Wildman–Crippen LogP) is 3.53. The summed E-state index contributed by atoms with van der Waals surface area (Å²) in [7, 11) is 0. The number of aryl methyl sites for hydroxylation is 2. The Morgan fingerprint density at radius 1 is 1.03 bits per heavy atom. The maximum Gasteiger partial charge on any atom is 0.316 e. The molecule has 0 unspecified atom stereocenters. The molecule has 0 spiro atoms. The van der Waals surface area contributed by atoms with Crippen LogP contribution in [0.3, 0.4) is 0 Å². The molecule has 146 valence electrons. The van der Waals surface area contributed by atoms with Gasteiger partial charge in [0.2, 0.25) is 5.82 Å². The second-order valence-electron chi connectivity index (χ2n) is 6.87. The molecule has 0 radical (unpaired) electrons. The maximum atomic E-state index is 12.2. The largest absolute Gasteiger partial charge is 0.344 e. The molecule has 0 aliphatic rings. The van der Waals surface area contributed by atoms with Gasteiger partial charge in [0.05, 0.1) is 12.2 Å². The summed E-state index contributed by atoms with van der Waals surface area (Å²) in [6.07, 6.45) is 0. The lowest BCUT2D eigenvalue weighted by Gasteiger charge is -2.05. The van der Waals surface area contributed by atoms with Crippen LogP contribution in [-0.4, -0.2) is 25.8 Å². The number of carbonyl (C=O) groups excluding carboxylic acids is 1. The molecule has 0 saturated heterocycles. The summed E-state index contributed by atoms with van der Waals surface area (Å²) in [5.74, 6) is -0.0658. The van der Waals surface area contributed by atoms with E-state index in [4.69, 9.17) is 4.52 Å². The fraction of sp³-hybridized carbons (Fsp3) is 0.182. The topological polar surface area (TPSA) is 85.8 Å². The highest BCUT2D eigenvalue weighted by molar-refractivity contribution is 5.89. The molecule has 2 heterocycles. The van der Waals surface area contributed by atoms with Crippen molar-refractivity contribution in [2.45, 2.75) is 26.9 Å². The first-order valence-electron chi connectivity index (χ1n) is 9.35. The molecule has 0 saturated carbocycles.